The number of amides is 2. The Balaban J connectivity index is 2.11. The van der Waals surface area contributed by atoms with Crippen LogP contribution in [0.3, 0.4) is 0 Å². The topological polar surface area (TPSA) is 97.7 Å². The molecule has 0 fully saturated rings. The zero-order valence-electron chi connectivity index (χ0n) is 12.2. The lowest BCUT2D eigenvalue weighted by Crippen LogP contribution is -2.42. The number of alkyl halides is 3. The monoisotopic (exact) mass is 364 g/mol. The number of carbonyl (C=O) groups excluding carboxylic acids is 2. The summed E-state index contributed by atoms with van der Waals surface area (Å²) in [4.78, 5) is 25.0. The predicted octanol–water partition coefficient (Wildman–Crippen LogP) is 1.58. The number of halogens is 3. The molecule has 0 saturated carbocycles. The molecule has 1 aliphatic rings. The first-order valence-electron chi connectivity index (χ1n) is 6.94. The third-order valence-electron chi connectivity index (χ3n) is 3.64. The number of benzene rings is 1. The molecule has 132 valence electrons. The SMILES string of the molecule is O=C1c2ccccc2C(=O)N1C(CCCC(O)C(F)(F)F)S(=O)[O-]. The van der Waals surface area contributed by atoms with Gasteiger partial charge in [0.2, 0.25) is 0 Å². The molecular formula is C14H13F3NO5S-. The van der Waals surface area contributed by atoms with Crippen LogP contribution >= 0.6 is 0 Å². The first kappa shape index (κ1) is 18.6. The van der Waals surface area contributed by atoms with Crippen molar-refractivity contribution in [2.75, 3.05) is 0 Å². The van der Waals surface area contributed by atoms with Crippen molar-refractivity contribution in [3.8, 4) is 0 Å². The Kier molecular flexibility index (Phi) is 5.41. The lowest BCUT2D eigenvalue weighted by atomic mass is 10.1. The van der Waals surface area contributed by atoms with Crippen molar-refractivity contribution < 1.29 is 36.6 Å². The van der Waals surface area contributed by atoms with Crippen LogP contribution in [0.5, 0.6) is 0 Å². The second kappa shape index (κ2) is 6.99. The molecule has 1 aromatic rings. The van der Waals surface area contributed by atoms with Gasteiger partial charge in [-0.3, -0.25) is 18.7 Å². The van der Waals surface area contributed by atoms with Crippen LogP contribution in [0.2, 0.25) is 0 Å². The van der Waals surface area contributed by atoms with Crippen molar-refractivity contribution in [1.29, 1.82) is 0 Å². The van der Waals surface area contributed by atoms with Gasteiger partial charge in [-0.25, -0.2) is 0 Å². The van der Waals surface area contributed by atoms with E-state index in [1.807, 2.05) is 0 Å². The van der Waals surface area contributed by atoms with Crippen molar-refractivity contribution in [1.82, 2.24) is 4.90 Å². The van der Waals surface area contributed by atoms with E-state index in [1.165, 1.54) is 24.3 Å². The molecule has 6 nitrogen and oxygen atoms in total. The Morgan fingerprint density at radius 2 is 1.62 bits per heavy atom. The summed E-state index contributed by atoms with van der Waals surface area (Å²) >= 11 is -2.89. The van der Waals surface area contributed by atoms with E-state index in [4.69, 9.17) is 5.11 Å². The van der Waals surface area contributed by atoms with E-state index in [0.29, 0.717) is 4.90 Å². The summed E-state index contributed by atoms with van der Waals surface area (Å²) in [5.41, 5.74) is 0.0987. The normalized spacial score (nSPS) is 18.5. The van der Waals surface area contributed by atoms with Crippen LogP contribution in [0.1, 0.15) is 40.0 Å². The van der Waals surface area contributed by atoms with E-state index in [-0.39, 0.29) is 17.5 Å². The fraction of sp³-hybridized carbons (Fsp3) is 0.429. The molecule has 10 heteroatoms. The molecule has 1 aromatic carbocycles. The molecule has 0 radical (unpaired) electrons. The van der Waals surface area contributed by atoms with Crippen LogP contribution in [0.4, 0.5) is 13.2 Å². The summed E-state index contributed by atoms with van der Waals surface area (Å²) in [5, 5.41) is 7.34. The number of carbonyl (C=O) groups is 2. The smallest absolute Gasteiger partial charge is 0.414 e. The highest BCUT2D eigenvalue weighted by molar-refractivity contribution is 7.79. The van der Waals surface area contributed by atoms with Crippen LogP contribution < -0.4 is 0 Å². The highest BCUT2D eigenvalue weighted by Crippen LogP contribution is 2.28. The minimum absolute atomic E-state index is 0.0493. The summed E-state index contributed by atoms with van der Waals surface area (Å²) in [6.07, 6.45) is -8.83. The molecule has 3 unspecified atom stereocenters. The van der Waals surface area contributed by atoms with Gasteiger partial charge >= 0.3 is 6.18 Å². The van der Waals surface area contributed by atoms with E-state index >= 15 is 0 Å². The maximum Gasteiger partial charge on any atom is 0.414 e. The molecule has 1 aliphatic heterocycles. The number of aliphatic hydroxyl groups is 1. The summed E-state index contributed by atoms with van der Waals surface area (Å²) in [5.74, 6) is -1.61. The third kappa shape index (κ3) is 3.65. The van der Waals surface area contributed by atoms with Gasteiger partial charge in [0.1, 0.15) is 11.5 Å². The molecule has 0 saturated heterocycles. The standard InChI is InChI=1S/C14H14F3NO5S/c15-14(16,17)10(19)6-3-7-11(24(22)23)18-12(20)8-4-1-2-5-9(8)13(18)21/h1-2,4-5,10-11,19H,3,6-7H2,(H,22,23)/p-1. The van der Waals surface area contributed by atoms with E-state index in [2.05, 4.69) is 0 Å². The van der Waals surface area contributed by atoms with Gasteiger partial charge in [0, 0.05) is 0 Å². The first-order valence-corrected chi connectivity index (χ1v) is 8.08. The summed E-state index contributed by atoms with van der Waals surface area (Å²) in [6, 6.07) is 5.76. The van der Waals surface area contributed by atoms with E-state index in [9.17, 15) is 31.5 Å². The number of hydrogen-bond donors (Lipinski definition) is 1. The van der Waals surface area contributed by atoms with Crippen LogP contribution in [0, 0.1) is 0 Å². The Morgan fingerprint density at radius 1 is 1.12 bits per heavy atom. The first-order chi connectivity index (χ1) is 11.1. The fourth-order valence-electron chi connectivity index (χ4n) is 2.43. The number of aliphatic hydroxyl groups excluding tert-OH is 1. The van der Waals surface area contributed by atoms with Gasteiger partial charge in [-0.1, -0.05) is 12.1 Å². The van der Waals surface area contributed by atoms with Gasteiger partial charge in [0.05, 0.1) is 11.1 Å². The Labute approximate surface area is 137 Å². The van der Waals surface area contributed by atoms with E-state index in [0.717, 1.165) is 0 Å². The minimum Gasteiger partial charge on any atom is -0.771 e. The van der Waals surface area contributed by atoms with Crippen molar-refractivity contribution in [3.05, 3.63) is 35.4 Å². The number of rotatable bonds is 6. The van der Waals surface area contributed by atoms with Gasteiger partial charge < -0.3 is 9.66 Å². The van der Waals surface area contributed by atoms with Gasteiger partial charge in [-0.2, -0.15) is 13.2 Å². The van der Waals surface area contributed by atoms with E-state index < -0.39 is 53.4 Å². The van der Waals surface area contributed by atoms with Crippen molar-refractivity contribution in [2.45, 2.75) is 36.9 Å². The van der Waals surface area contributed by atoms with Crippen molar-refractivity contribution in [2.24, 2.45) is 0 Å². The summed E-state index contributed by atoms with van der Waals surface area (Å²) in [7, 11) is 0. The highest BCUT2D eigenvalue weighted by atomic mass is 32.2. The number of imide groups is 1. The van der Waals surface area contributed by atoms with Crippen molar-refractivity contribution in [3.63, 3.8) is 0 Å². The van der Waals surface area contributed by atoms with Gasteiger partial charge in [-0.05, 0) is 42.5 Å². The van der Waals surface area contributed by atoms with Gasteiger partial charge in [0.25, 0.3) is 11.8 Å². The lowest BCUT2D eigenvalue weighted by molar-refractivity contribution is -0.205. The highest BCUT2D eigenvalue weighted by Gasteiger charge is 2.41. The largest absolute Gasteiger partial charge is 0.771 e. The molecule has 3 atom stereocenters. The van der Waals surface area contributed by atoms with Crippen LogP contribution in [0.15, 0.2) is 24.3 Å². The molecule has 24 heavy (non-hydrogen) atoms. The molecule has 1 heterocycles. The predicted molar refractivity (Wildman–Crippen MR) is 75.6 cm³/mol. The van der Waals surface area contributed by atoms with E-state index in [1.54, 1.807) is 0 Å². The Hall–Kier alpha value is -1.78. The van der Waals surface area contributed by atoms with Gasteiger partial charge in [0.15, 0.2) is 0 Å². The second-order valence-electron chi connectivity index (χ2n) is 5.23. The molecule has 2 amide bonds. The fourth-order valence-corrected chi connectivity index (χ4v) is 3.15. The molecule has 0 aliphatic carbocycles. The summed E-state index contributed by atoms with van der Waals surface area (Å²) < 4.78 is 59.5. The van der Waals surface area contributed by atoms with Gasteiger partial charge in [-0.15, -0.1) is 0 Å². The lowest BCUT2D eigenvalue weighted by Gasteiger charge is -2.28. The molecule has 0 spiro atoms. The van der Waals surface area contributed by atoms with Crippen molar-refractivity contribution >= 4 is 22.9 Å². The average molecular weight is 364 g/mol. The number of hydrogen-bond acceptors (Lipinski definition) is 5. The third-order valence-corrected chi connectivity index (χ3v) is 4.53. The Morgan fingerprint density at radius 3 is 2.04 bits per heavy atom. The zero-order chi connectivity index (χ0) is 18.1. The molecule has 0 aromatic heterocycles. The Bertz CT molecular complexity index is 644. The molecular weight excluding hydrogens is 351 g/mol. The van der Waals surface area contributed by atoms with Crippen LogP contribution in [0.25, 0.3) is 0 Å². The maximum absolute atomic E-state index is 12.2. The average Bonchev–Trinajstić information content (AvgIpc) is 2.75. The minimum atomic E-state index is -4.80. The number of fused-ring (bicyclic) bond motifs is 1. The quantitative estimate of drug-likeness (QED) is 0.611. The number of nitrogens with zero attached hydrogens (tertiary/aromatic N) is 1. The molecule has 2 rings (SSSR count). The summed E-state index contributed by atoms with van der Waals surface area (Å²) in [6.45, 7) is 0. The van der Waals surface area contributed by atoms with Crippen LogP contribution in [-0.4, -0.2) is 48.2 Å². The molecule has 0 bridgehead atoms. The second-order valence-corrected chi connectivity index (χ2v) is 6.29. The zero-order valence-corrected chi connectivity index (χ0v) is 13.0. The maximum atomic E-state index is 12.2. The van der Waals surface area contributed by atoms with Crippen LogP contribution in [-0.2, 0) is 11.1 Å². The molecule has 1 N–H and O–H groups in total.